The monoisotopic (exact) mass is 261 g/mol. The summed E-state index contributed by atoms with van der Waals surface area (Å²) >= 11 is 0. The topological polar surface area (TPSA) is 61.0 Å². The average Bonchev–Trinajstić information content (AvgIpc) is 2.42. The zero-order valence-corrected chi connectivity index (χ0v) is 10.9. The van der Waals surface area contributed by atoms with Crippen LogP contribution in [-0.2, 0) is 6.42 Å². The third-order valence-electron chi connectivity index (χ3n) is 2.99. The third kappa shape index (κ3) is 3.26. The minimum absolute atomic E-state index is 0.237. The van der Waals surface area contributed by atoms with Crippen molar-refractivity contribution in [3.8, 4) is 5.88 Å². The van der Waals surface area contributed by atoms with Crippen molar-refractivity contribution in [2.45, 2.75) is 19.4 Å². The van der Waals surface area contributed by atoms with E-state index in [1.807, 2.05) is 6.92 Å². The third-order valence-corrected chi connectivity index (χ3v) is 2.99. The fourth-order valence-corrected chi connectivity index (χ4v) is 1.87. The lowest BCUT2D eigenvalue weighted by Crippen LogP contribution is -2.16. The Morgan fingerprint density at radius 3 is 2.63 bits per heavy atom. The highest BCUT2D eigenvalue weighted by Crippen LogP contribution is 2.18. The summed E-state index contributed by atoms with van der Waals surface area (Å²) in [5, 5.41) is 7.90. The van der Waals surface area contributed by atoms with Gasteiger partial charge in [0.05, 0.1) is 18.8 Å². The molecule has 1 atom stereocenters. The SMILES string of the molecule is COc1ccc(C(N)Cc2ccc(F)cc2C)nn1. The highest BCUT2D eigenvalue weighted by atomic mass is 19.1. The number of halogens is 1. The summed E-state index contributed by atoms with van der Waals surface area (Å²) in [7, 11) is 1.53. The van der Waals surface area contributed by atoms with Crippen LogP contribution in [0.2, 0.25) is 0 Å². The number of benzene rings is 1. The van der Waals surface area contributed by atoms with Gasteiger partial charge >= 0.3 is 0 Å². The molecule has 0 saturated carbocycles. The van der Waals surface area contributed by atoms with Crippen molar-refractivity contribution in [3.05, 3.63) is 53.0 Å². The van der Waals surface area contributed by atoms with Gasteiger partial charge in [0.1, 0.15) is 5.82 Å². The second-order valence-electron chi connectivity index (χ2n) is 4.38. The van der Waals surface area contributed by atoms with Crippen molar-refractivity contribution in [2.75, 3.05) is 7.11 Å². The minimum Gasteiger partial charge on any atom is -0.480 e. The van der Waals surface area contributed by atoms with Crippen LogP contribution in [0.15, 0.2) is 30.3 Å². The van der Waals surface area contributed by atoms with Gasteiger partial charge in [-0.1, -0.05) is 6.07 Å². The molecule has 0 bridgehead atoms. The fourth-order valence-electron chi connectivity index (χ4n) is 1.87. The van der Waals surface area contributed by atoms with Gasteiger partial charge in [0.2, 0.25) is 5.88 Å². The first-order valence-corrected chi connectivity index (χ1v) is 5.98. The van der Waals surface area contributed by atoms with Crippen LogP contribution in [-0.4, -0.2) is 17.3 Å². The largest absolute Gasteiger partial charge is 0.480 e. The molecule has 2 aromatic rings. The molecule has 0 radical (unpaired) electrons. The lowest BCUT2D eigenvalue weighted by Gasteiger charge is -2.12. The number of aromatic nitrogens is 2. The summed E-state index contributed by atoms with van der Waals surface area (Å²) in [5.74, 6) is 0.216. The average molecular weight is 261 g/mol. The molecule has 1 aromatic heterocycles. The van der Waals surface area contributed by atoms with Crippen LogP contribution in [0.3, 0.4) is 0 Å². The van der Waals surface area contributed by atoms with E-state index in [-0.39, 0.29) is 11.9 Å². The van der Waals surface area contributed by atoms with Crippen LogP contribution < -0.4 is 10.5 Å². The van der Waals surface area contributed by atoms with Gasteiger partial charge in [-0.3, -0.25) is 0 Å². The molecule has 100 valence electrons. The zero-order chi connectivity index (χ0) is 13.8. The highest BCUT2D eigenvalue weighted by Gasteiger charge is 2.11. The van der Waals surface area contributed by atoms with Crippen molar-refractivity contribution in [3.63, 3.8) is 0 Å². The summed E-state index contributed by atoms with van der Waals surface area (Å²) in [5.41, 5.74) is 8.67. The molecular weight excluding hydrogens is 245 g/mol. The van der Waals surface area contributed by atoms with E-state index in [1.54, 1.807) is 18.2 Å². The molecule has 0 fully saturated rings. The van der Waals surface area contributed by atoms with E-state index in [0.29, 0.717) is 18.0 Å². The number of ether oxygens (including phenoxy) is 1. The molecule has 0 spiro atoms. The number of hydrogen-bond donors (Lipinski definition) is 1. The molecule has 0 saturated heterocycles. The normalized spacial score (nSPS) is 12.2. The smallest absolute Gasteiger partial charge is 0.233 e. The molecule has 19 heavy (non-hydrogen) atoms. The molecule has 1 heterocycles. The summed E-state index contributed by atoms with van der Waals surface area (Å²) in [6, 6.07) is 7.93. The number of aryl methyl sites for hydroxylation is 1. The molecule has 5 heteroatoms. The van der Waals surface area contributed by atoms with E-state index < -0.39 is 0 Å². The van der Waals surface area contributed by atoms with Crippen LogP contribution in [0.1, 0.15) is 22.9 Å². The Hall–Kier alpha value is -2.01. The summed E-state index contributed by atoms with van der Waals surface area (Å²) in [4.78, 5) is 0. The molecule has 1 unspecified atom stereocenters. The maximum Gasteiger partial charge on any atom is 0.233 e. The van der Waals surface area contributed by atoms with E-state index >= 15 is 0 Å². The molecule has 2 N–H and O–H groups in total. The quantitative estimate of drug-likeness (QED) is 0.916. The fraction of sp³-hybridized carbons (Fsp3) is 0.286. The van der Waals surface area contributed by atoms with Gasteiger partial charge in [-0.2, -0.15) is 5.10 Å². The summed E-state index contributed by atoms with van der Waals surface area (Å²) < 4.78 is 18.0. The predicted octanol–water partition coefficient (Wildman–Crippen LogP) is 2.18. The molecule has 2 rings (SSSR count). The Balaban J connectivity index is 2.13. The van der Waals surface area contributed by atoms with Crippen molar-refractivity contribution < 1.29 is 9.13 Å². The van der Waals surface area contributed by atoms with Gasteiger partial charge in [0.25, 0.3) is 0 Å². The maximum atomic E-state index is 13.0. The highest BCUT2D eigenvalue weighted by molar-refractivity contribution is 5.28. The Morgan fingerprint density at radius 2 is 2.05 bits per heavy atom. The minimum atomic E-state index is -0.275. The van der Waals surface area contributed by atoms with Crippen LogP contribution in [0.5, 0.6) is 5.88 Å². The molecular formula is C14H16FN3O. The first-order chi connectivity index (χ1) is 9.10. The van der Waals surface area contributed by atoms with Crippen molar-refractivity contribution in [2.24, 2.45) is 5.73 Å². The lowest BCUT2D eigenvalue weighted by atomic mass is 9.99. The molecule has 0 aliphatic heterocycles. The Morgan fingerprint density at radius 1 is 1.26 bits per heavy atom. The Bertz CT molecular complexity index is 557. The predicted molar refractivity (Wildman–Crippen MR) is 70.4 cm³/mol. The summed E-state index contributed by atoms with van der Waals surface area (Å²) in [6.07, 6.45) is 0.590. The van der Waals surface area contributed by atoms with Gasteiger partial charge in [0.15, 0.2) is 0 Å². The van der Waals surface area contributed by atoms with Gasteiger partial charge < -0.3 is 10.5 Å². The second-order valence-corrected chi connectivity index (χ2v) is 4.38. The van der Waals surface area contributed by atoms with Crippen molar-refractivity contribution in [1.29, 1.82) is 0 Å². The molecule has 4 nitrogen and oxygen atoms in total. The Kier molecular flexibility index (Phi) is 4.06. The van der Waals surface area contributed by atoms with Crippen LogP contribution in [0.4, 0.5) is 4.39 Å². The van der Waals surface area contributed by atoms with Gasteiger partial charge in [-0.05, 0) is 42.7 Å². The van der Waals surface area contributed by atoms with E-state index in [0.717, 1.165) is 11.1 Å². The number of hydrogen-bond acceptors (Lipinski definition) is 4. The van der Waals surface area contributed by atoms with Gasteiger partial charge in [0, 0.05) is 6.07 Å². The maximum absolute atomic E-state index is 13.0. The van der Waals surface area contributed by atoms with Crippen molar-refractivity contribution >= 4 is 0 Å². The number of methoxy groups -OCH3 is 1. The van der Waals surface area contributed by atoms with Crippen LogP contribution >= 0.6 is 0 Å². The van der Waals surface area contributed by atoms with Crippen LogP contribution in [0, 0.1) is 12.7 Å². The molecule has 1 aromatic carbocycles. The number of nitrogens with two attached hydrogens (primary N) is 1. The van der Waals surface area contributed by atoms with E-state index in [1.165, 1.54) is 19.2 Å². The van der Waals surface area contributed by atoms with E-state index in [4.69, 9.17) is 10.5 Å². The Labute approximate surface area is 111 Å². The first-order valence-electron chi connectivity index (χ1n) is 5.98. The number of rotatable bonds is 4. The standard InChI is InChI=1S/C14H16FN3O/c1-9-7-11(15)4-3-10(9)8-12(16)13-5-6-14(19-2)18-17-13/h3-7,12H,8,16H2,1-2H3. The lowest BCUT2D eigenvalue weighted by molar-refractivity contribution is 0.390. The summed E-state index contributed by atoms with van der Waals surface area (Å²) in [6.45, 7) is 1.87. The van der Waals surface area contributed by atoms with Gasteiger partial charge in [-0.15, -0.1) is 5.10 Å². The number of nitrogens with zero attached hydrogens (tertiary/aromatic N) is 2. The van der Waals surface area contributed by atoms with Crippen LogP contribution in [0.25, 0.3) is 0 Å². The van der Waals surface area contributed by atoms with Gasteiger partial charge in [-0.25, -0.2) is 4.39 Å². The molecule has 0 aliphatic carbocycles. The molecule has 0 aliphatic rings. The van der Waals surface area contributed by atoms with Crippen molar-refractivity contribution in [1.82, 2.24) is 10.2 Å². The second kappa shape index (κ2) is 5.75. The molecule has 0 amide bonds. The van der Waals surface area contributed by atoms with E-state index in [9.17, 15) is 4.39 Å². The zero-order valence-electron chi connectivity index (χ0n) is 10.9. The first kappa shape index (κ1) is 13.4. The van der Waals surface area contributed by atoms with E-state index in [2.05, 4.69) is 10.2 Å².